The van der Waals surface area contributed by atoms with E-state index in [9.17, 15) is 14.4 Å². The molecule has 0 spiro atoms. The number of carbonyl (C=O) groups is 3. The van der Waals surface area contributed by atoms with Crippen molar-refractivity contribution in [3.8, 4) is 5.75 Å². The van der Waals surface area contributed by atoms with Crippen molar-refractivity contribution >= 4 is 29.3 Å². The molecule has 0 bridgehead atoms. The molecule has 2 aliphatic rings. The van der Waals surface area contributed by atoms with Crippen LogP contribution in [0.15, 0.2) is 48.5 Å². The Morgan fingerprint density at radius 2 is 1.52 bits per heavy atom. The van der Waals surface area contributed by atoms with Gasteiger partial charge >= 0.3 is 12.1 Å². The van der Waals surface area contributed by atoms with E-state index >= 15 is 0 Å². The van der Waals surface area contributed by atoms with E-state index in [1.165, 1.54) is 6.92 Å². The molecule has 0 aliphatic carbocycles. The summed E-state index contributed by atoms with van der Waals surface area (Å²) in [6.07, 6.45) is -2.18. The fourth-order valence-electron chi connectivity index (χ4n) is 3.77. The standard InChI is InChI=1S/C23H25N3O7/c1-13(27)14-3-5-16(6-4-14)25-23(29)33-19-12-32-20-18(11-31-21(19)20)26-22(28)24-15-7-9-17(30-2)10-8-15/h3-10,18-21H,11-12H2,1-2H3,(H,25,29)(H2,24,26,28). The van der Waals surface area contributed by atoms with Gasteiger partial charge in [-0.25, -0.2) is 9.59 Å². The molecule has 2 aromatic rings. The Morgan fingerprint density at radius 3 is 2.18 bits per heavy atom. The van der Waals surface area contributed by atoms with E-state index in [0.29, 0.717) is 22.7 Å². The number of hydrogen-bond acceptors (Lipinski definition) is 7. The molecule has 3 amide bonds. The highest BCUT2D eigenvalue weighted by Gasteiger charge is 2.50. The number of amides is 3. The Bertz CT molecular complexity index is 1010. The molecule has 4 unspecified atom stereocenters. The molecule has 0 saturated carbocycles. The number of Topliss-reactive ketones (excluding diaryl/α,β-unsaturated/α-hetero) is 1. The third-order valence-electron chi connectivity index (χ3n) is 5.47. The number of methoxy groups -OCH3 is 1. The van der Waals surface area contributed by atoms with Gasteiger partial charge < -0.3 is 29.6 Å². The van der Waals surface area contributed by atoms with Gasteiger partial charge in [0.15, 0.2) is 11.9 Å². The fourth-order valence-corrected chi connectivity index (χ4v) is 3.77. The molecular formula is C23H25N3O7. The van der Waals surface area contributed by atoms with Crippen molar-refractivity contribution in [3.05, 3.63) is 54.1 Å². The lowest BCUT2D eigenvalue weighted by Crippen LogP contribution is -2.46. The normalized spacial score (nSPS) is 23.3. The van der Waals surface area contributed by atoms with E-state index in [2.05, 4.69) is 16.0 Å². The second kappa shape index (κ2) is 9.88. The lowest BCUT2D eigenvalue weighted by atomic mass is 10.1. The van der Waals surface area contributed by atoms with Gasteiger partial charge in [-0.2, -0.15) is 0 Å². The topological polar surface area (TPSA) is 124 Å². The molecule has 2 saturated heterocycles. The summed E-state index contributed by atoms with van der Waals surface area (Å²) in [5.74, 6) is 0.632. The summed E-state index contributed by atoms with van der Waals surface area (Å²) >= 11 is 0. The minimum absolute atomic E-state index is 0.0579. The first-order valence-electron chi connectivity index (χ1n) is 10.5. The number of anilines is 2. The van der Waals surface area contributed by atoms with Crippen LogP contribution in [0.1, 0.15) is 17.3 Å². The highest BCUT2D eigenvalue weighted by atomic mass is 16.6. The molecule has 2 fully saturated rings. The first kappa shape index (κ1) is 22.6. The second-order valence-electron chi connectivity index (χ2n) is 7.73. The van der Waals surface area contributed by atoms with Crippen molar-refractivity contribution < 1.29 is 33.3 Å². The van der Waals surface area contributed by atoms with E-state index in [4.69, 9.17) is 18.9 Å². The molecule has 4 atom stereocenters. The van der Waals surface area contributed by atoms with E-state index in [1.807, 2.05) is 0 Å². The van der Waals surface area contributed by atoms with Gasteiger partial charge in [-0.15, -0.1) is 0 Å². The zero-order valence-electron chi connectivity index (χ0n) is 18.2. The summed E-state index contributed by atoms with van der Waals surface area (Å²) in [5.41, 5.74) is 1.67. The Morgan fingerprint density at radius 1 is 0.879 bits per heavy atom. The molecular weight excluding hydrogens is 430 g/mol. The maximum Gasteiger partial charge on any atom is 0.412 e. The number of hydrogen-bond donors (Lipinski definition) is 3. The summed E-state index contributed by atoms with van der Waals surface area (Å²) in [6.45, 7) is 1.86. The summed E-state index contributed by atoms with van der Waals surface area (Å²) in [7, 11) is 1.57. The Hall–Kier alpha value is -3.63. The van der Waals surface area contributed by atoms with Crippen LogP contribution in [0.3, 0.4) is 0 Å². The zero-order valence-corrected chi connectivity index (χ0v) is 18.2. The van der Waals surface area contributed by atoms with Crippen LogP contribution < -0.4 is 20.7 Å². The van der Waals surface area contributed by atoms with Crippen LogP contribution in [0.25, 0.3) is 0 Å². The minimum atomic E-state index is -0.655. The van der Waals surface area contributed by atoms with Crippen molar-refractivity contribution in [3.63, 3.8) is 0 Å². The molecule has 10 heteroatoms. The highest BCUT2D eigenvalue weighted by molar-refractivity contribution is 5.95. The maximum absolute atomic E-state index is 12.4. The third-order valence-corrected chi connectivity index (χ3v) is 5.47. The largest absolute Gasteiger partial charge is 0.497 e. The van der Waals surface area contributed by atoms with Crippen molar-refractivity contribution in [1.29, 1.82) is 0 Å². The first-order chi connectivity index (χ1) is 15.9. The van der Waals surface area contributed by atoms with Gasteiger partial charge in [0.05, 0.1) is 26.4 Å². The minimum Gasteiger partial charge on any atom is -0.497 e. The monoisotopic (exact) mass is 455 g/mol. The van der Waals surface area contributed by atoms with E-state index in [-0.39, 0.29) is 25.0 Å². The summed E-state index contributed by atoms with van der Waals surface area (Å²) in [5, 5.41) is 8.21. The van der Waals surface area contributed by atoms with E-state index < -0.39 is 30.4 Å². The number of benzene rings is 2. The van der Waals surface area contributed by atoms with Crippen LogP contribution in [0, 0.1) is 0 Å². The van der Waals surface area contributed by atoms with Gasteiger partial charge in [0, 0.05) is 16.9 Å². The Kier molecular flexibility index (Phi) is 6.76. The fraction of sp³-hybridized carbons (Fsp3) is 0.348. The number of fused-ring (bicyclic) bond motifs is 1. The average Bonchev–Trinajstić information content (AvgIpc) is 3.38. The molecule has 2 aromatic carbocycles. The highest BCUT2D eigenvalue weighted by Crippen LogP contribution is 2.29. The predicted octanol–water partition coefficient (Wildman–Crippen LogP) is 2.80. The average molecular weight is 455 g/mol. The molecule has 10 nitrogen and oxygen atoms in total. The van der Waals surface area contributed by atoms with Crippen LogP contribution in [-0.2, 0) is 14.2 Å². The third kappa shape index (κ3) is 5.41. The smallest absolute Gasteiger partial charge is 0.412 e. The lowest BCUT2D eigenvalue weighted by Gasteiger charge is -2.18. The number of ether oxygens (including phenoxy) is 4. The van der Waals surface area contributed by atoms with Crippen LogP contribution in [0.4, 0.5) is 21.0 Å². The SMILES string of the molecule is COc1ccc(NC(=O)NC2COC3C(OC(=O)Nc4ccc(C(C)=O)cc4)COC23)cc1. The lowest BCUT2D eigenvalue weighted by molar-refractivity contribution is 0.00873. The quantitative estimate of drug-likeness (QED) is 0.572. The van der Waals surface area contributed by atoms with Gasteiger partial charge in [-0.05, 0) is 55.5 Å². The molecule has 3 N–H and O–H groups in total. The predicted molar refractivity (Wildman–Crippen MR) is 119 cm³/mol. The number of nitrogens with one attached hydrogen (secondary N) is 3. The number of rotatable bonds is 6. The summed E-state index contributed by atoms with van der Waals surface area (Å²) in [4.78, 5) is 36.0. The van der Waals surface area contributed by atoms with Crippen LogP contribution in [-0.4, -0.2) is 62.6 Å². The van der Waals surface area contributed by atoms with Crippen LogP contribution >= 0.6 is 0 Å². The number of carbonyl (C=O) groups excluding carboxylic acids is 3. The van der Waals surface area contributed by atoms with Gasteiger partial charge in [-0.1, -0.05) is 0 Å². The van der Waals surface area contributed by atoms with Crippen molar-refractivity contribution in [2.75, 3.05) is 31.0 Å². The summed E-state index contributed by atoms with van der Waals surface area (Å²) in [6, 6.07) is 12.7. The van der Waals surface area contributed by atoms with E-state index in [1.54, 1.807) is 55.6 Å². The van der Waals surface area contributed by atoms with Crippen molar-refractivity contribution in [2.45, 2.75) is 31.3 Å². The molecule has 2 aliphatic heterocycles. The number of ketones is 1. The second-order valence-corrected chi connectivity index (χ2v) is 7.73. The van der Waals surface area contributed by atoms with Gasteiger partial charge in [0.1, 0.15) is 18.0 Å². The van der Waals surface area contributed by atoms with Gasteiger partial charge in [0.2, 0.25) is 0 Å². The molecule has 4 rings (SSSR count). The molecule has 174 valence electrons. The van der Waals surface area contributed by atoms with Crippen molar-refractivity contribution in [1.82, 2.24) is 5.32 Å². The molecule has 0 radical (unpaired) electrons. The Balaban J connectivity index is 1.26. The molecule has 33 heavy (non-hydrogen) atoms. The zero-order chi connectivity index (χ0) is 23.4. The van der Waals surface area contributed by atoms with Crippen LogP contribution in [0.2, 0.25) is 0 Å². The summed E-state index contributed by atoms with van der Waals surface area (Å²) < 4.78 is 22.1. The molecule has 2 heterocycles. The van der Waals surface area contributed by atoms with Gasteiger partial charge in [0.25, 0.3) is 0 Å². The maximum atomic E-state index is 12.4. The van der Waals surface area contributed by atoms with Crippen molar-refractivity contribution in [2.24, 2.45) is 0 Å². The first-order valence-corrected chi connectivity index (χ1v) is 10.5. The molecule has 0 aromatic heterocycles. The van der Waals surface area contributed by atoms with Gasteiger partial charge in [-0.3, -0.25) is 10.1 Å². The number of urea groups is 1. The Labute approximate surface area is 190 Å². The van der Waals surface area contributed by atoms with E-state index in [0.717, 1.165) is 0 Å². The van der Waals surface area contributed by atoms with Crippen LogP contribution in [0.5, 0.6) is 5.75 Å².